The van der Waals surface area contributed by atoms with E-state index >= 15 is 0 Å². The summed E-state index contributed by atoms with van der Waals surface area (Å²) in [5.41, 5.74) is 0. The van der Waals surface area contributed by atoms with Gasteiger partial charge < -0.3 is 4.74 Å². The average molecular weight is 87.1 g/mol. The van der Waals surface area contributed by atoms with E-state index in [0.717, 1.165) is 13.3 Å². The van der Waals surface area contributed by atoms with Crippen molar-refractivity contribution in [1.82, 2.24) is 5.32 Å². The Hall–Kier alpha value is -0.0800. The van der Waals surface area contributed by atoms with E-state index in [2.05, 4.69) is 12.2 Å². The van der Waals surface area contributed by atoms with Crippen molar-refractivity contribution in [1.29, 1.82) is 0 Å². The molecule has 1 saturated heterocycles. The minimum absolute atomic E-state index is 0.435. The summed E-state index contributed by atoms with van der Waals surface area (Å²) >= 11 is 0. The zero-order valence-corrected chi connectivity index (χ0v) is 3.90. The Labute approximate surface area is 37.5 Å². The van der Waals surface area contributed by atoms with Crippen molar-refractivity contribution in [2.45, 2.75) is 13.0 Å². The molecule has 0 saturated carbocycles. The van der Waals surface area contributed by atoms with Gasteiger partial charge in [-0.2, -0.15) is 0 Å². The van der Waals surface area contributed by atoms with Crippen molar-refractivity contribution in [2.75, 3.05) is 13.3 Å². The van der Waals surface area contributed by atoms with E-state index in [1.807, 2.05) is 0 Å². The molecule has 0 spiro atoms. The van der Waals surface area contributed by atoms with Gasteiger partial charge in [0.15, 0.2) is 0 Å². The fourth-order valence-corrected chi connectivity index (χ4v) is 0.522. The molecular formula is C4H9NO. The van der Waals surface area contributed by atoms with Crippen molar-refractivity contribution in [3.63, 3.8) is 0 Å². The lowest BCUT2D eigenvalue weighted by atomic mass is 10.4. The SMILES string of the molecule is C[C@@H]1CNCO1. The molecular weight excluding hydrogens is 78.0 g/mol. The Bertz CT molecular complexity index is 40.8. The summed E-state index contributed by atoms with van der Waals surface area (Å²) < 4.78 is 5.04. The largest absolute Gasteiger partial charge is 0.362 e. The first-order chi connectivity index (χ1) is 2.89. The quantitative estimate of drug-likeness (QED) is 0.447. The van der Waals surface area contributed by atoms with Crippen molar-refractivity contribution >= 4 is 0 Å². The third kappa shape index (κ3) is 0.698. The molecule has 1 N–H and O–H groups in total. The molecule has 2 heteroatoms. The van der Waals surface area contributed by atoms with Crippen LogP contribution in [0.4, 0.5) is 0 Å². The first kappa shape index (κ1) is 4.09. The van der Waals surface area contributed by atoms with Crippen molar-refractivity contribution in [3.8, 4) is 0 Å². The van der Waals surface area contributed by atoms with E-state index in [1.165, 1.54) is 0 Å². The van der Waals surface area contributed by atoms with Gasteiger partial charge in [-0.25, -0.2) is 0 Å². The molecule has 1 aliphatic heterocycles. The molecule has 2 nitrogen and oxygen atoms in total. The Morgan fingerprint density at radius 3 is 2.83 bits per heavy atom. The van der Waals surface area contributed by atoms with Crippen LogP contribution in [0.15, 0.2) is 0 Å². The van der Waals surface area contributed by atoms with Crippen LogP contribution in [-0.4, -0.2) is 19.4 Å². The maximum atomic E-state index is 5.04. The second-order valence-electron chi connectivity index (χ2n) is 1.58. The highest BCUT2D eigenvalue weighted by molar-refractivity contribution is 4.57. The highest BCUT2D eigenvalue weighted by atomic mass is 16.5. The van der Waals surface area contributed by atoms with Gasteiger partial charge in [-0.1, -0.05) is 0 Å². The second kappa shape index (κ2) is 1.58. The van der Waals surface area contributed by atoms with Gasteiger partial charge in [0.2, 0.25) is 0 Å². The summed E-state index contributed by atoms with van der Waals surface area (Å²) in [6.45, 7) is 3.81. The lowest BCUT2D eigenvalue weighted by Crippen LogP contribution is -2.09. The van der Waals surface area contributed by atoms with E-state index in [-0.39, 0.29) is 0 Å². The van der Waals surface area contributed by atoms with Crippen molar-refractivity contribution in [3.05, 3.63) is 0 Å². The highest BCUT2D eigenvalue weighted by Crippen LogP contribution is 1.91. The summed E-state index contributed by atoms with van der Waals surface area (Å²) in [6, 6.07) is 0. The molecule has 6 heavy (non-hydrogen) atoms. The van der Waals surface area contributed by atoms with Crippen LogP contribution in [0, 0.1) is 0 Å². The normalized spacial score (nSPS) is 34.5. The Morgan fingerprint density at radius 2 is 2.67 bits per heavy atom. The number of ether oxygens (including phenoxy) is 1. The zero-order valence-electron chi connectivity index (χ0n) is 3.90. The molecule has 0 aromatic heterocycles. The van der Waals surface area contributed by atoms with Gasteiger partial charge in [-0.15, -0.1) is 0 Å². The standard InChI is InChI=1S/C4H9NO/c1-4-2-5-3-6-4/h4-5H,2-3H2,1H3/t4-/m1/s1. The van der Waals surface area contributed by atoms with Crippen LogP contribution in [0.5, 0.6) is 0 Å². The molecule has 0 radical (unpaired) electrons. The number of hydrogen-bond acceptors (Lipinski definition) is 2. The fourth-order valence-electron chi connectivity index (χ4n) is 0.522. The Balaban J connectivity index is 2.18. The summed E-state index contributed by atoms with van der Waals surface area (Å²) in [7, 11) is 0. The first-order valence-electron chi connectivity index (χ1n) is 2.22. The van der Waals surface area contributed by atoms with Gasteiger partial charge in [0.25, 0.3) is 0 Å². The average Bonchev–Trinajstić information content (AvgIpc) is 1.86. The Kier molecular flexibility index (Phi) is 1.08. The summed E-state index contributed by atoms with van der Waals surface area (Å²) in [5.74, 6) is 0. The van der Waals surface area contributed by atoms with Crippen LogP contribution in [0.1, 0.15) is 6.92 Å². The van der Waals surface area contributed by atoms with Crippen LogP contribution in [0.25, 0.3) is 0 Å². The summed E-state index contributed by atoms with van der Waals surface area (Å²) in [4.78, 5) is 0. The van der Waals surface area contributed by atoms with Crippen LogP contribution in [0.2, 0.25) is 0 Å². The number of nitrogens with one attached hydrogen (secondary N) is 1. The van der Waals surface area contributed by atoms with Crippen LogP contribution in [-0.2, 0) is 4.74 Å². The Morgan fingerprint density at radius 1 is 1.83 bits per heavy atom. The van der Waals surface area contributed by atoms with E-state index in [1.54, 1.807) is 0 Å². The van der Waals surface area contributed by atoms with Gasteiger partial charge in [-0.05, 0) is 6.92 Å². The first-order valence-corrected chi connectivity index (χ1v) is 2.22. The molecule has 0 unspecified atom stereocenters. The number of rotatable bonds is 0. The number of hydrogen-bond donors (Lipinski definition) is 1. The summed E-state index contributed by atoms with van der Waals surface area (Å²) in [5, 5.41) is 3.05. The van der Waals surface area contributed by atoms with Gasteiger partial charge in [-0.3, -0.25) is 5.32 Å². The molecule has 1 heterocycles. The third-order valence-electron chi connectivity index (χ3n) is 0.902. The molecule has 0 aromatic rings. The topological polar surface area (TPSA) is 21.3 Å². The molecule has 36 valence electrons. The lowest BCUT2D eigenvalue weighted by Gasteiger charge is -1.92. The second-order valence-corrected chi connectivity index (χ2v) is 1.58. The van der Waals surface area contributed by atoms with Crippen LogP contribution < -0.4 is 5.32 Å². The zero-order chi connectivity index (χ0) is 4.41. The van der Waals surface area contributed by atoms with Crippen molar-refractivity contribution in [2.24, 2.45) is 0 Å². The molecule has 0 aliphatic carbocycles. The smallest absolute Gasteiger partial charge is 0.0970 e. The van der Waals surface area contributed by atoms with Gasteiger partial charge in [0.05, 0.1) is 12.8 Å². The molecule has 1 aliphatic rings. The van der Waals surface area contributed by atoms with Crippen LogP contribution >= 0.6 is 0 Å². The summed E-state index contributed by atoms with van der Waals surface area (Å²) in [6.07, 6.45) is 0.435. The van der Waals surface area contributed by atoms with Gasteiger partial charge >= 0.3 is 0 Å². The maximum absolute atomic E-state index is 5.04. The van der Waals surface area contributed by atoms with E-state index in [0.29, 0.717) is 6.10 Å². The van der Waals surface area contributed by atoms with Gasteiger partial charge in [0.1, 0.15) is 0 Å². The lowest BCUT2D eigenvalue weighted by molar-refractivity contribution is 0.127. The predicted molar refractivity (Wildman–Crippen MR) is 23.4 cm³/mol. The monoisotopic (exact) mass is 87.1 g/mol. The molecule has 1 fully saturated rings. The molecule has 1 atom stereocenters. The van der Waals surface area contributed by atoms with E-state index < -0.39 is 0 Å². The van der Waals surface area contributed by atoms with E-state index in [4.69, 9.17) is 4.74 Å². The van der Waals surface area contributed by atoms with Crippen LogP contribution in [0.3, 0.4) is 0 Å². The molecule has 0 bridgehead atoms. The molecule has 1 rings (SSSR count). The molecule has 0 aromatic carbocycles. The predicted octanol–water partition coefficient (Wildman–Crippen LogP) is -0.0478. The fraction of sp³-hybridized carbons (Fsp3) is 1.00. The maximum Gasteiger partial charge on any atom is 0.0970 e. The third-order valence-corrected chi connectivity index (χ3v) is 0.902. The molecule has 0 amide bonds. The van der Waals surface area contributed by atoms with Gasteiger partial charge in [0, 0.05) is 6.54 Å². The minimum Gasteiger partial charge on any atom is -0.362 e. The van der Waals surface area contributed by atoms with E-state index in [9.17, 15) is 0 Å². The minimum atomic E-state index is 0.435. The van der Waals surface area contributed by atoms with Crippen molar-refractivity contribution < 1.29 is 4.74 Å². The highest BCUT2D eigenvalue weighted by Gasteiger charge is 2.05.